The highest BCUT2D eigenvalue weighted by Gasteiger charge is 2.39. The van der Waals surface area contributed by atoms with Crippen molar-refractivity contribution in [3.05, 3.63) is 28.8 Å². The van der Waals surface area contributed by atoms with Gasteiger partial charge in [-0.25, -0.2) is 0 Å². The zero-order valence-corrected chi connectivity index (χ0v) is 11.3. The molecular weight excluding hydrogens is 287 g/mol. The number of carbonyl (C=O) groups excluding carboxylic acids is 2. The number of carbonyl (C=O) groups is 2. The Balaban J connectivity index is 2.32. The van der Waals surface area contributed by atoms with Crippen LogP contribution in [0.1, 0.15) is 40.9 Å². The number of nitrogens with one attached hydrogen (secondary N) is 1. The maximum Gasteiger partial charge on any atom is 0.471 e. The number of fused-ring (bicyclic) bond motifs is 1. The lowest BCUT2D eigenvalue weighted by Crippen LogP contribution is -2.38. The SMILES string of the molecule is C[C@@H](NC(=O)C(F)(F)F)c1ccc(C=O)c2c1CCCO2. The summed E-state index contributed by atoms with van der Waals surface area (Å²) in [5, 5.41) is 1.92. The summed E-state index contributed by atoms with van der Waals surface area (Å²) in [5.41, 5.74) is 1.58. The van der Waals surface area contributed by atoms with Crippen molar-refractivity contribution in [1.82, 2.24) is 5.32 Å². The summed E-state index contributed by atoms with van der Waals surface area (Å²) >= 11 is 0. The molecule has 0 fully saturated rings. The van der Waals surface area contributed by atoms with Crippen LogP contribution in [0.15, 0.2) is 12.1 Å². The van der Waals surface area contributed by atoms with Crippen LogP contribution < -0.4 is 10.1 Å². The molecular formula is C14H14F3NO3. The molecule has 0 saturated heterocycles. The first-order valence-corrected chi connectivity index (χ1v) is 6.46. The summed E-state index contributed by atoms with van der Waals surface area (Å²) in [5.74, 6) is -1.58. The van der Waals surface area contributed by atoms with Crippen molar-refractivity contribution in [3.8, 4) is 5.75 Å². The molecule has 1 aliphatic rings. The molecule has 0 radical (unpaired) electrons. The van der Waals surface area contributed by atoms with E-state index < -0.39 is 18.1 Å². The average molecular weight is 301 g/mol. The minimum absolute atomic E-state index is 0.364. The lowest BCUT2D eigenvalue weighted by molar-refractivity contribution is -0.174. The minimum Gasteiger partial charge on any atom is -0.493 e. The molecule has 1 N–H and O–H groups in total. The Hall–Kier alpha value is -2.05. The van der Waals surface area contributed by atoms with E-state index in [9.17, 15) is 22.8 Å². The highest BCUT2D eigenvalue weighted by atomic mass is 19.4. The number of amides is 1. The van der Waals surface area contributed by atoms with E-state index in [1.165, 1.54) is 13.0 Å². The van der Waals surface area contributed by atoms with Crippen molar-refractivity contribution in [2.45, 2.75) is 32.0 Å². The van der Waals surface area contributed by atoms with Crippen LogP contribution >= 0.6 is 0 Å². The molecule has 2 rings (SSSR count). The molecule has 0 unspecified atom stereocenters. The Morgan fingerprint density at radius 2 is 2.14 bits per heavy atom. The first kappa shape index (κ1) is 15.3. The maximum atomic E-state index is 12.3. The van der Waals surface area contributed by atoms with Gasteiger partial charge in [0.15, 0.2) is 6.29 Å². The Kier molecular flexibility index (Phi) is 4.20. The molecule has 7 heteroatoms. The molecule has 1 amide bonds. The van der Waals surface area contributed by atoms with Gasteiger partial charge in [0, 0.05) is 5.56 Å². The first-order valence-electron chi connectivity index (χ1n) is 6.46. The number of hydrogen-bond donors (Lipinski definition) is 1. The fourth-order valence-corrected chi connectivity index (χ4v) is 2.37. The van der Waals surface area contributed by atoms with Gasteiger partial charge < -0.3 is 10.1 Å². The van der Waals surface area contributed by atoms with Gasteiger partial charge in [-0.1, -0.05) is 6.07 Å². The van der Waals surface area contributed by atoms with Crippen LogP contribution in [0, 0.1) is 0 Å². The van der Waals surface area contributed by atoms with Gasteiger partial charge in [0.2, 0.25) is 0 Å². The minimum atomic E-state index is -4.92. The van der Waals surface area contributed by atoms with E-state index >= 15 is 0 Å². The Bertz CT molecular complexity index is 569. The molecule has 1 aliphatic heterocycles. The van der Waals surface area contributed by atoms with Gasteiger partial charge in [0.1, 0.15) is 5.75 Å². The number of benzene rings is 1. The number of alkyl halides is 3. The van der Waals surface area contributed by atoms with E-state index in [0.29, 0.717) is 48.2 Å². The summed E-state index contributed by atoms with van der Waals surface area (Å²) in [6.45, 7) is 1.93. The van der Waals surface area contributed by atoms with Crippen LogP contribution in [0.3, 0.4) is 0 Å². The van der Waals surface area contributed by atoms with Crippen LogP contribution in [-0.4, -0.2) is 25.0 Å². The topological polar surface area (TPSA) is 55.4 Å². The van der Waals surface area contributed by atoms with Crippen molar-refractivity contribution >= 4 is 12.2 Å². The predicted octanol–water partition coefficient (Wildman–Crippen LogP) is 2.56. The summed E-state index contributed by atoms with van der Waals surface area (Å²) in [6.07, 6.45) is -2.97. The second-order valence-corrected chi connectivity index (χ2v) is 4.81. The first-order chi connectivity index (χ1) is 9.84. The van der Waals surface area contributed by atoms with E-state index in [4.69, 9.17) is 4.74 Å². The van der Waals surface area contributed by atoms with Crippen molar-refractivity contribution in [3.63, 3.8) is 0 Å². The normalized spacial score (nSPS) is 15.6. The van der Waals surface area contributed by atoms with Gasteiger partial charge in [-0.2, -0.15) is 13.2 Å². The Labute approximate surface area is 119 Å². The maximum absolute atomic E-state index is 12.3. The third-order valence-corrected chi connectivity index (χ3v) is 3.34. The molecule has 21 heavy (non-hydrogen) atoms. The second kappa shape index (κ2) is 5.75. The van der Waals surface area contributed by atoms with Gasteiger partial charge >= 0.3 is 12.1 Å². The van der Waals surface area contributed by atoms with Crippen molar-refractivity contribution in [1.29, 1.82) is 0 Å². The zero-order chi connectivity index (χ0) is 15.6. The number of halogens is 3. The van der Waals surface area contributed by atoms with Crippen LogP contribution in [0.25, 0.3) is 0 Å². The lowest BCUT2D eigenvalue weighted by Gasteiger charge is -2.25. The zero-order valence-electron chi connectivity index (χ0n) is 11.3. The molecule has 1 heterocycles. The van der Waals surface area contributed by atoms with E-state index in [-0.39, 0.29) is 0 Å². The standard InChI is InChI=1S/C14H14F3NO3/c1-8(18-13(20)14(15,16)17)10-5-4-9(7-19)12-11(10)3-2-6-21-12/h4-5,7-8H,2-3,6H2,1H3,(H,18,20)/t8-/m1/s1. The smallest absolute Gasteiger partial charge is 0.471 e. The molecule has 0 bridgehead atoms. The molecule has 1 aromatic carbocycles. The summed E-state index contributed by atoms with van der Waals surface area (Å²) in [7, 11) is 0. The Morgan fingerprint density at radius 1 is 1.43 bits per heavy atom. The summed E-state index contributed by atoms with van der Waals surface area (Å²) in [4.78, 5) is 22.0. The average Bonchev–Trinajstić information content (AvgIpc) is 2.44. The van der Waals surface area contributed by atoms with Crippen LogP contribution in [0.4, 0.5) is 13.2 Å². The largest absolute Gasteiger partial charge is 0.493 e. The van der Waals surface area contributed by atoms with E-state index in [0.717, 1.165) is 0 Å². The van der Waals surface area contributed by atoms with Gasteiger partial charge in [-0.3, -0.25) is 9.59 Å². The second-order valence-electron chi connectivity index (χ2n) is 4.81. The van der Waals surface area contributed by atoms with E-state index in [1.807, 2.05) is 5.32 Å². The molecule has 1 aromatic rings. The van der Waals surface area contributed by atoms with Gasteiger partial charge in [0.25, 0.3) is 0 Å². The molecule has 1 atom stereocenters. The van der Waals surface area contributed by atoms with Crippen LogP contribution in [0.2, 0.25) is 0 Å². The number of hydrogen-bond acceptors (Lipinski definition) is 3. The Morgan fingerprint density at radius 3 is 2.76 bits per heavy atom. The van der Waals surface area contributed by atoms with Crippen molar-refractivity contribution < 1.29 is 27.5 Å². The van der Waals surface area contributed by atoms with Crippen LogP contribution in [0.5, 0.6) is 5.75 Å². The number of ether oxygens (including phenoxy) is 1. The van der Waals surface area contributed by atoms with Crippen molar-refractivity contribution in [2.75, 3.05) is 6.61 Å². The summed E-state index contributed by atoms with van der Waals surface area (Å²) in [6, 6.07) is 2.22. The summed E-state index contributed by atoms with van der Waals surface area (Å²) < 4.78 is 42.3. The molecule has 4 nitrogen and oxygen atoms in total. The fourth-order valence-electron chi connectivity index (χ4n) is 2.37. The highest BCUT2D eigenvalue weighted by molar-refractivity contribution is 5.83. The third-order valence-electron chi connectivity index (χ3n) is 3.34. The predicted molar refractivity (Wildman–Crippen MR) is 68.3 cm³/mol. The molecule has 0 spiro atoms. The molecule has 114 valence electrons. The monoisotopic (exact) mass is 301 g/mol. The van der Waals surface area contributed by atoms with E-state index in [1.54, 1.807) is 6.07 Å². The third kappa shape index (κ3) is 3.17. The number of aldehydes is 1. The molecule has 0 aromatic heterocycles. The quantitative estimate of drug-likeness (QED) is 0.873. The van der Waals surface area contributed by atoms with Gasteiger partial charge in [-0.05, 0) is 31.4 Å². The highest BCUT2D eigenvalue weighted by Crippen LogP contribution is 2.34. The van der Waals surface area contributed by atoms with Crippen molar-refractivity contribution in [2.24, 2.45) is 0 Å². The molecule has 0 aliphatic carbocycles. The lowest BCUT2D eigenvalue weighted by atomic mass is 9.93. The van der Waals surface area contributed by atoms with Gasteiger partial charge in [0.05, 0.1) is 18.2 Å². The number of rotatable bonds is 3. The fraction of sp³-hybridized carbons (Fsp3) is 0.429. The van der Waals surface area contributed by atoms with Crippen LogP contribution in [-0.2, 0) is 11.2 Å². The van der Waals surface area contributed by atoms with Gasteiger partial charge in [-0.15, -0.1) is 0 Å². The molecule has 0 saturated carbocycles. The van der Waals surface area contributed by atoms with E-state index in [2.05, 4.69) is 0 Å².